The standard InChI is InChI=1S/C17H15ClN4O3/c1-10(11-2-4-12(5-3-11)16(23)21-25)19-17(24)14-9-22-8-13(18)6-7-15(22)20-14/h2-10,25H,1H3,(H,19,24)(H,21,23). The second-order valence-corrected chi connectivity index (χ2v) is 5.93. The smallest absolute Gasteiger partial charge is 0.274 e. The van der Waals surface area contributed by atoms with Gasteiger partial charge in [-0.1, -0.05) is 23.7 Å². The molecule has 25 heavy (non-hydrogen) atoms. The molecule has 0 saturated heterocycles. The van der Waals surface area contributed by atoms with Gasteiger partial charge in [0.05, 0.1) is 11.1 Å². The van der Waals surface area contributed by atoms with Gasteiger partial charge >= 0.3 is 0 Å². The quantitative estimate of drug-likeness (QED) is 0.493. The maximum absolute atomic E-state index is 12.4. The van der Waals surface area contributed by atoms with Gasteiger partial charge < -0.3 is 9.72 Å². The first-order valence-electron chi connectivity index (χ1n) is 7.47. The van der Waals surface area contributed by atoms with Gasteiger partial charge in [-0.3, -0.25) is 14.8 Å². The third kappa shape index (κ3) is 3.62. The van der Waals surface area contributed by atoms with Gasteiger partial charge in [0, 0.05) is 18.0 Å². The Balaban J connectivity index is 1.73. The average Bonchev–Trinajstić information content (AvgIpc) is 3.04. The molecule has 8 heteroatoms. The molecule has 1 unspecified atom stereocenters. The van der Waals surface area contributed by atoms with E-state index >= 15 is 0 Å². The highest BCUT2D eigenvalue weighted by atomic mass is 35.5. The fraction of sp³-hybridized carbons (Fsp3) is 0.118. The molecular formula is C17H15ClN4O3. The van der Waals surface area contributed by atoms with E-state index in [-0.39, 0.29) is 17.6 Å². The average molecular weight is 359 g/mol. The molecule has 128 valence electrons. The van der Waals surface area contributed by atoms with E-state index in [1.54, 1.807) is 58.7 Å². The number of nitrogens with zero attached hydrogens (tertiary/aromatic N) is 2. The van der Waals surface area contributed by atoms with E-state index < -0.39 is 5.91 Å². The summed E-state index contributed by atoms with van der Waals surface area (Å²) in [6.07, 6.45) is 3.28. The van der Waals surface area contributed by atoms with Gasteiger partial charge in [-0.2, -0.15) is 0 Å². The van der Waals surface area contributed by atoms with Crippen LogP contribution in [0, 0.1) is 0 Å². The molecule has 3 rings (SSSR count). The predicted octanol–water partition coefficient (Wildman–Crippen LogP) is 2.60. The molecule has 0 saturated carbocycles. The lowest BCUT2D eigenvalue weighted by molar-refractivity contribution is 0.0706. The molecule has 3 aromatic rings. The fourth-order valence-corrected chi connectivity index (χ4v) is 2.58. The van der Waals surface area contributed by atoms with Crippen molar-refractivity contribution in [2.24, 2.45) is 0 Å². The van der Waals surface area contributed by atoms with Crippen molar-refractivity contribution >= 4 is 29.1 Å². The first-order valence-corrected chi connectivity index (χ1v) is 7.85. The summed E-state index contributed by atoms with van der Waals surface area (Å²) in [7, 11) is 0. The Labute approximate surface area is 148 Å². The number of pyridine rings is 1. The van der Waals surface area contributed by atoms with Crippen LogP contribution in [0.2, 0.25) is 5.02 Å². The monoisotopic (exact) mass is 358 g/mol. The molecule has 0 fully saturated rings. The Hall–Kier alpha value is -2.90. The van der Waals surface area contributed by atoms with Crippen LogP contribution in [0.25, 0.3) is 5.65 Å². The van der Waals surface area contributed by atoms with E-state index in [1.165, 1.54) is 0 Å². The summed E-state index contributed by atoms with van der Waals surface area (Å²) in [6, 6.07) is 9.70. The topological polar surface area (TPSA) is 95.7 Å². The number of hydrogen-bond donors (Lipinski definition) is 3. The van der Waals surface area contributed by atoms with Gasteiger partial charge in [-0.05, 0) is 36.8 Å². The van der Waals surface area contributed by atoms with Crippen molar-refractivity contribution in [3.63, 3.8) is 0 Å². The van der Waals surface area contributed by atoms with Gasteiger partial charge in [0.1, 0.15) is 11.3 Å². The number of fused-ring (bicyclic) bond motifs is 1. The highest BCUT2D eigenvalue weighted by Crippen LogP contribution is 2.15. The molecule has 2 amide bonds. The van der Waals surface area contributed by atoms with Crippen molar-refractivity contribution in [2.75, 3.05) is 0 Å². The molecule has 0 bridgehead atoms. The number of nitrogens with one attached hydrogen (secondary N) is 2. The van der Waals surface area contributed by atoms with Crippen LogP contribution in [0.1, 0.15) is 39.4 Å². The third-order valence-electron chi connectivity index (χ3n) is 3.77. The molecule has 0 spiro atoms. The van der Waals surface area contributed by atoms with Crippen LogP contribution in [0.15, 0.2) is 48.8 Å². The van der Waals surface area contributed by atoms with Crippen molar-refractivity contribution in [3.8, 4) is 0 Å². The largest absolute Gasteiger partial charge is 0.344 e. The number of halogens is 1. The lowest BCUT2D eigenvalue weighted by Gasteiger charge is -2.13. The van der Waals surface area contributed by atoms with Crippen LogP contribution in [-0.2, 0) is 0 Å². The minimum Gasteiger partial charge on any atom is -0.344 e. The minimum absolute atomic E-state index is 0.283. The van der Waals surface area contributed by atoms with Crippen molar-refractivity contribution in [1.82, 2.24) is 20.2 Å². The molecule has 2 aromatic heterocycles. The number of hydrogen-bond acceptors (Lipinski definition) is 4. The molecular weight excluding hydrogens is 344 g/mol. The maximum atomic E-state index is 12.4. The molecule has 0 aliphatic heterocycles. The van der Waals surface area contributed by atoms with Crippen molar-refractivity contribution in [1.29, 1.82) is 0 Å². The number of amides is 2. The zero-order valence-corrected chi connectivity index (χ0v) is 14.0. The highest BCUT2D eigenvalue weighted by molar-refractivity contribution is 6.30. The summed E-state index contributed by atoms with van der Waals surface area (Å²) < 4.78 is 1.68. The summed E-state index contributed by atoms with van der Waals surface area (Å²) >= 11 is 5.92. The van der Waals surface area contributed by atoms with E-state index in [9.17, 15) is 9.59 Å². The number of aromatic nitrogens is 2. The zero-order valence-electron chi connectivity index (χ0n) is 13.2. The van der Waals surface area contributed by atoms with Gasteiger partial charge in [0.15, 0.2) is 0 Å². The lowest BCUT2D eigenvalue weighted by atomic mass is 10.1. The number of hydroxylamine groups is 1. The SMILES string of the molecule is CC(NC(=O)c1cn2cc(Cl)ccc2n1)c1ccc(C(=O)NO)cc1. The fourth-order valence-electron chi connectivity index (χ4n) is 2.42. The summed E-state index contributed by atoms with van der Waals surface area (Å²) in [4.78, 5) is 28.0. The Morgan fingerprint density at radius 3 is 2.52 bits per heavy atom. The molecule has 2 heterocycles. The van der Waals surface area contributed by atoms with Crippen molar-refractivity contribution in [2.45, 2.75) is 13.0 Å². The van der Waals surface area contributed by atoms with Crippen LogP contribution in [0.3, 0.4) is 0 Å². The molecule has 7 nitrogen and oxygen atoms in total. The minimum atomic E-state index is -0.591. The van der Waals surface area contributed by atoms with Crippen LogP contribution in [0.4, 0.5) is 0 Å². The second-order valence-electron chi connectivity index (χ2n) is 5.50. The van der Waals surface area contributed by atoms with Crippen LogP contribution < -0.4 is 10.8 Å². The Bertz CT molecular complexity index is 937. The third-order valence-corrected chi connectivity index (χ3v) is 3.99. The van der Waals surface area contributed by atoms with E-state index in [4.69, 9.17) is 16.8 Å². The predicted molar refractivity (Wildman–Crippen MR) is 91.8 cm³/mol. The highest BCUT2D eigenvalue weighted by Gasteiger charge is 2.15. The van der Waals surface area contributed by atoms with Crippen molar-refractivity contribution in [3.05, 3.63) is 70.6 Å². The molecule has 1 atom stereocenters. The van der Waals surface area contributed by atoms with E-state index in [0.717, 1.165) is 5.56 Å². The van der Waals surface area contributed by atoms with Crippen LogP contribution >= 0.6 is 11.6 Å². The van der Waals surface area contributed by atoms with Crippen LogP contribution in [-0.4, -0.2) is 26.4 Å². The molecule has 0 aliphatic carbocycles. The Morgan fingerprint density at radius 1 is 1.12 bits per heavy atom. The van der Waals surface area contributed by atoms with E-state index in [0.29, 0.717) is 16.2 Å². The first kappa shape index (κ1) is 16.9. The second kappa shape index (κ2) is 6.92. The molecule has 1 aromatic carbocycles. The number of rotatable bonds is 4. The molecule has 3 N–H and O–H groups in total. The first-order chi connectivity index (χ1) is 12.0. The molecule has 0 radical (unpaired) electrons. The van der Waals surface area contributed by atoms with E-state index in [1.807, 2.05) is 6.92 Å². The zero-order chi connectivity index (χ0) is 18.0. The molecule has 0 aliphatic rings. The van der Waals surface area contributed by atoms with Gasteiger partial charge in [0.25, 0.3) is 11.8 Å². The number of carbonyl (C=O) groups is 2. The summed E-state index contributed by atoms with van der Waals surface area (Å²) in [5.74, 6) is -0.906. The summed E-state index contributed by atoms with van der Waals surface area (Å²) in [5.41, 5.74) is 3.62. The van der Waals surface area contributed by atoms with Gasteiger partial charge in [-0.15, -0.1) is 0 Å². The van der Waals surface area contributed by atoms with Crippen molar-refractivity contribution < 1.29 is 14.8 Å². The lowest BCUT2D eigenvalue weighted by Crippen LogP contribution is -2.27. The summed E-state index contributed by atoms with van der Waals surface area (Å²) in [5, 5.41) is 12.0. The van der Waals surface area contributed by atoms with Gasteiger partial charge in [0.2, 0.25) is 0 Å². The number of carbonyl (C=O) groups excluding carboxylic acids is 2. The Morgan fingerprint density at radius 2 is 1.84 bits per heavy atom. The van der Waals surface area contributed by atoms with Crippen LogP contribution in [0.5, 0.6) is 0 Å². The summed E-state index contributed by atoms with van der Waals surface area (Å²) in [6.45, 7) is 1.83. The van der Waals surface area contributed by atoms with E-state index in [2.05, 4.69) is 10.3 Å². The maximum Gasteiger partial charge on any atom is 0.274 e. The number of benzene rings is 1. The normalized spacial score (nSPS) is 12.0. The Kier molecular flexibility index (Phi) is 4.69. The van der Waals surface area contributed by atoms with Gasteiger partial charge in [-0.25, -0.2) is 10.5 Å². The number of imidazole rings is 1.